The number of methoxy groups -OCH3 is 2. The minimum absolute atomic E-state index is 0.694. The smallest absolute Gasteiger partial charge is 0.123 e. The number of ether oxygens (including phenoxy) is 2. The molecule has 2 aromatic rings. The van der Waals surface area contributed by atoms with Gasteiger partial charge >= 0.3 is 0 Å². The molecule has 0 fully saturated rings. The molecule has 1 aromatic heterocycles. The molecule has 0 atom stereocenters. The Morgan fingerprint density at radius 1 is 1.19 bits per heavy atom. The fraction of sp³-hybridized carbons (Fsp3) is 0.533. The van der Waals surface area contributed by atoms with Gasteiger partial charge in [0.15, 0.2) is 0 Å². The van der Waals surface area contributed by atoms with E-state index in [0.29, 0.717) is 18.2 Å². The van der Waals surface area contributed by atoms with E-state index >= 15 is 0 Å². The molecular weight excluding hydrogens is 290 g/mol. The highest BCUT2D eigenvalue weighted by Crippen LogP contribution is 2.20. The summed E-state index contributed by atoms with van der Waals surface area (Å²) < 4.78 is 12.4. The number of hydrogen-bond acceptors (Lipinski definition) is 4. The van der Waals surface area contributed by atoms with Crippen molar-refractivity contribution in [2.45, 2.75) is 6.54 Å². The van der Waals surface area contributed by atoms with Crippen LogP contribution in [0.4, 0.5) is 0 Å². The summed E-state index contributed by atoms with van der Waals surface area (Å²) in [6.45, 7) is 3.85. The molecular formula is C15H22ClN3O2. The second-order valence-electron chi connectivity index (χ2n) is 4.98. The van der Waals surface area contributed by atoms with Gasteiger partial charge in [-0.1, -0.05) is 11.6 Å². The molecule has 116 valence electrons. The molecule has 0 spiro atoms. The molecule has 0 unspecified atom stereocenters. The number of hydrogen-bond donors (Lipinski definition) is 0. The summed E-state index contributed by atoms with van der Waals surface area (Å²) in [7, 11) is 5.46. The lowest BCUT2D eigenvalue weighted by molar-refractivity contribution is 0.108. The first kappa shape index (κ1) is 16.2. The van der Waals surface area contributed by atoms with Gasteiger partial charge in [-0.25, -0.2) is 4.98 Å². The molecule has 5 nitrogen and oxygen atoms in total. The Bertz CT molecular complexity index is 578. The predicted octanol–water partition coefficient (Wildman–Crippen LogP) is 2.32. The van der Waals surface area contributed by atoms with Crippen LogP contribution in [-0.4, -0.2) is 55.0 Å². The number of benzene rings is 1. The van der Waals surface area contributed by atoms with Crippen LogP contribution >= 0.6 is 11.6 Å². The number of fused-ring (bicyclic) bond motifs is 1. The normalized spacial score (nSPS) is 11.7. The number of aryl methyl sites for hydroxylation is 1. The quantitative estimate of drug-likeness (QED) is 0.750. The van der Waals surface area contributed by atoms with Crippen LogP contribution in [0.3, 0.4) is 0 Å². The Balaban J connectivity index is 2.16. The summed E-state index contributed by atoms with van der Waals surface area (Å²) >= 11 is 6.03. The molecule has 1 aromatic carbocycles. The van der Waals surface area contributed by atoms with Gasteiger partial charge in [-0.05, 0) is 18.2 Å². The van der Waals surface area contributed by atoms with Crippen LogP contribution in [0.2, 0.25) is 5.02 Å². The number of imidazole rings is 1. The van der Waals surface area contributed by atoms with E-state index in [4.69, 9.17) is 21.1 Å². The molecule has 1 heterocycles. The first-order valence-corrected chi connectivity index (χ1v) is 7.34. The Hall–Kier alpha value is -1.14. The van der Waals surface area contributed by atoms with Gasteiger partial charge in [0.05, 0.1) is 30.8 Å². The fourth-order valence-electron chi connectivity index (χ4n) is 2.27. The van der Waals surface area contributed by atoms with Gasteiger partial charge in [0, 0.05) is 39.4 Å². The molecule has 0 N–H and O–H groups in total. The zero-order valence-corrected chi connectivity index (χ0v) is 13.6. The first-order chi connectivity index (χ1) is 10.2. The molecule has 0 saturated heterocycles. The largest absolute Gasteiger partial charge is 0.383 e. The molecule has 0 bridgehead atoms. The highest BCUT2D eigenvalue weighted by Gasteiger charge is 2.12. The fourth-order valence-corrected chi connectivity index (χ4v) is 2.44. The lowest BCUT2D eigenvalue weighted by Gasteiger charge is -2.21. The third kappa shape index (κ3) is 4.17. The van der Waals surface area contributed by atoms with E-state index in [2.05, 4.69) is 14.5 Å². The molecule has 6 heteroatoms. The van der Waals surface area contributed by atoms with Crippen LogP contribution in [0, 0.1) is 0 Å². The van der Waals surface area contributed by atoms with Gasteiger partial charge < -0.3 is 14.0 Å². The van der Waals surface area contributed by atoms with Crippen molar-refractivity contribution in [3.63, 3.8) is 0 Å². The number of rotatable bonds is 8. The van der Waals surface area contributed by atoms with E-state index in [-0.39, 0.29) is 0 Å². The van der Waals surface area contributed by atoms with Gasteiger partial charge in [-0.3, -0.25) is 4.90 Å². The van der Waals surface area contributed by atoms with Gasteiger partial charge in [0.2, 0.25) is 0 Å². The van der Waals surface area contributed by atoms with Crippen LogP contribution in [-0.2, 0) is 23.1 Å². The predicted molar refractivity (Wildman–Crippen MR) is 84.8 cm³/mol. The third-order valence-electron chi connectivity index (χ3n) is 3.52. The van der Waals surface area contributed by atoms with Crippen molar-refractivity contribution in [1.29, 1.82) is 0 Å². The van der Waals surface area contributed by atoms with E-state index in [1.807, 2.05) is 25.2 Å². The number of aromatic nitrogens is 2. The molecule has 0 aliphatic heterocycles. The molecule has 0 aliphatic carbocycles. The van der Waals surface area contributed by atoms with E-state index in [0.717, 1.165) is 36.5 Å². The minimum Gasteiger partial charge on any atom is -0.383 e. The Morgan fingerprint density at radius 2 is 1.86 bits per heavy atom. The van der Waals surface area contributed by atoms with E-state index in [9.17, 15) is 0 Å². The average Bonchev–Trinajstić information content (AvgIpc) is 2.77. The van der Waals surface area contributed by atoms with Crippen LogP contribution in [0.5, 0.6) is 0 Å². The summed E-state index contributed by atoms with van der Waals surface area (Å²) in [5.74, 6) is 1.01. The third-order valence-corrected chi connectivity index (χ3v) is 3.76. The molecule has 0 saturated carbocycles. The maximum Gasteiger partial charge on any atom is 0.123 e. The topological polar surface area (TPSA) is 39.5 Å². The average molecular weight is 312 g/mol. The van der Waals surface area contributed by atoms with E-state index in [1.165, 1.54) is 0 Å². The lowest BCUT2D eigenvalue weighted by atomic mass is 10.3. The van der Waals surface area contributed by atoms with Crippen molar-refractivity contribution in [2.75, 3.05) is 40.5 Å². The van der Waals surface area contributed by atoms with Crippen molar-refractivity contribution < 1.29 is 9.47 Å². The van der Waals surface area contributed by atoms with Gasteiger partial charge in [0.1, 0.15) is 5.82 Å². The monoisotopic (exact) mass is 311 g/mol. The van der Waals surface area contributed by atoms with Crippen molar-refractivity contribution in [2.24, 2.45) is 7.05 Å². The van der Waals surface area contributed by atoms with Crippen LogP contribution < -0.4 is 0 Å². The standard InChI is InChI=1S/C15H22ClN3O2/c1-18-14-5-4-12(16)10-13(14)17-15(18)11-19(6-8-20-2)7-9-21-3/h4-5,10H,6-9,11H2,1-3H3. The summed E-state index contributed by atoms with van der Waals surface area (Å²) in [4.78, 5) is 6.96. The second-order valence-corrected chi connectivity index (χ2v) is 5.42. The molecule has 0 aliphatic rings. The Morgan fingerprint density at radius 3 is 2.48 bits per heavy atom. The summed E-state index contributed by atoms with van der Waals surface area (Å²) in [5.41, 5.74) is 2.02. The van der Waals surface area contributed by atoms with Crippen molar-refractivity contribution in [3.05, 3.63) is 29.0 Å². The number of nitrogens with zero attached hydrogens (tertiary/aromatic N) is 3. The van der Waals surface area contributed by atoms with Gasteiger partial charge in [-0.2, -0.15) is 0 Å². The van der Waals surface area contributed by atoms with Gasteiger partial charge in [-0.15, -0.1) is 0 Å². The minimum atomic E-state index is 0.694. The maximum absolute atomic E-state index is 6.03. The molecule has 2 rings (SSSR count). The summed E-state index contributed by atoms with van der Waals surface area (Å²) in [6, 6.07) is 5.79. The van der Waals surface area contributed by atoms with Crippen LogP contribution in [0.15, 0.2) is 18.2 Å². The van der Waals surface area contributed by atoms with Crippen LogP contribution in [0.1, 0.15) is 5.82 Å². The van der Waals surface area contributed by atoms with Crippen molar-refractivity contribution in [1.82, 2.24) is 14.5 Å². The summed E-state index contributed by atoms with van der Waals surface area (Å²) in [6.07, 6.45) is 0. The van der Waals surface area contributed by atoms with Crippen LogP contribution in [0.25, 0.3) is 11.0 Å². The molecule has 0 amide bonds. The highest BCUT2D eigenvalue weighted by molar-refractivity contribution is 6.31. The maximum atomic E-state index is 6.03. The lowest BCUT2D eigenvalue weighted by Crippen LogP contribution is -2.31. The van der Waals surface area contributed by atoms with Gasteiger partial charge in [0.25, 0.3) is 0 Å². The molecule has 21 heavy (non-hydrogen) atoms. The van der Waals surface area contributed by atoms with E-state index in [1.54, 1.807) is 14.2 Å². The SMILES string of the molecule is COCCN(CCOC)Cc1nc2cc(Cl)ccc2n1C. The Labute approximate surface area is 130 Å². The molecule has 0 radical (unpaired) electrons. The van der Waals surface area contributed by atoms with E-state index < -0.39 is 0 Å². The van der Waals surface area contributed by atoms with Crippen molar-refractivity contribution >= 4 is 22.6 Å². The number of halogens is 1. The first-order valence-electron chi connectivity index (χ1n) is 6.96. The summed E-state index contributed by atoms with van der Waals surface area (Å²) in [5, 5.41) is 0.711. The van der Waals surface area contributed by atoms with Crippen molar-refractivity contribution in [3.8, 4) is 0 Å². The zero-order chi connectivity index (χ0) is 15.2. The highest BCUT2D eigenvalue weighted by atomic mass is 35.5. The Kier molecular flexibility index (Phi) is 5.99. The second kappa shape index (κ2) is 7.75. The zero-order valence-electron chi connectivity index (χ0n) is 12.8.